The van der Waals surface area contributed by atoms with Crippen molar-refractivity contribution in [3.8, 4) is 5.75 Å². The van der Waals surface area contributed by atoms with Gasteiger partial charge in [0.1, 0.15) is 0 Å². The van der Waals surface area contributed by atoms with Gasteiger partial charge < -0.3 is 10.1 Å². The Bertz CT molecular complexity index is 1070. The standard InChI is InChI=1S/C25H25N3O3/c1-18-9-5-6-12-20(18)17-27-22(29)14-8-16-28-24-21(13-7-15-26-24)31-23(25(28)30)19-10-3-2-4-11-19/h2-7,9-13,15,23H,8,14,16-17H2,1H3,(H,27,29)/t23-/m0/s1. The van der Waals surface area contributed by atoms with E-state index in [0.717, 1.165) is 16.7 Å². The van der Waals surface area contributed by atoms with Gasteiger partial charge in [-0.3, -0.25) is 14.5 Å². The van der Waals surface area contributed by atoms with E-state index in [9.17, 15) is 9.59 Å². The number of fused-ring (bicyclic) bond motifs is 1. The number of nitrogens with one attached hydrogen (secondary N) is 1. The Morgan fingerprint density at radius 3 is 2.65 bits per heavy atom. The molecule has 0 fully saturated rings. The number of aromatic nitrogens is 1. The first-order chi connectivity index (χ1) is 15.1. The molecule has 31 heavy (non-hydrogen) atoms. The van der Waals surface area contributed by atoms with Gasteiger partial charge in [-0.15, -0.1) is 0 Å². The molecule has 1 N–H and O–H groups in total. The number of nitrogens with zero attached hydrogens (tertiary/aromatic N) is 2. The van der Waals surface area contributed by atoms with Gasteiger partial charge >= 0.3 is 0 Å². The van der Waals surface area contributed by atoms with Crippen LogP contribution in [0, 0.1) is 6.92 Å². The number of aryl methyl sites for hydroxylation is 1. The number of amides is 2. The maximum Gasteiger partial charge on any atom is 0.274 e. The molecular weight excluding hydrogens is 390 g/mol. The zero-order chi connectivity index (χ0) is 21.6. The summed E-state index contributed by atoms with van der Waals surface area (Å²) >= 11 is 0. The number of anilines is 1. The van der Waals surface area contributed by atoms with E-state index < -0.39 is 6.10 Å². The number of pyridine rings is 1. The van der Waals surface area contributed by atoms with Gasteiger partial charge in [0.15, 0.2) is 11.6 Å². The topological polar surface area (TPSA) is 71.5 Å². The van der Waals surface area contributed by atoms with Crippen molar-refractivity contribution in [1.29, 1.82) is 0 Å². The van der Waals surface area contributed by atoms with Crippen LogP contribution < -0.4 is 15.0 Å². The molecule has 0 radical (unpaired) electrons. The van der Waals surface area contributed by atoms with E-state index in [1.54, 1.807) is 17.2 Å². The van der Waals surface area contributed by atoms with E-state index in [1.165, 1.54) is 0 Å². The highest BCUT2D eigenvalue weighted by Gasteiger charge is 2.36. The van der Waals surface area contributed by atoms with Crippen molar-refractivity contribution in [2.45, 2.75) is 32.4 Å². The molecule has 0 spiro atoms. The van der Waals surface area contributed by atoms with Crippen molar-refractivity contribution in [2.24, 2.45) is 0 Å². The molecule has 3 aromatic rings. The normalized spacial score (nSPS) is 15.2. The third-order valence-electron chi connectivity index (χ3n) is 5.37. The highest BCUT2D eigenvalue weighted by molar-refractivity contribution is 5.99. The monoisotopic (exact) mass is 415 g/mol. The number of hydrogen-bond acceptors (Lipinski definition) is 4. The molecule has 2 heterocycles. The summed E-state index contributed by atoms with van der Waals surface area (Å²) in [4.78, 5) is 31.5. The molecule has 2 aromatic carbocycles. The Labute approximate surface area is 181 Å². The van der Waals surface area contributed by atoms with Gasteiger partial charge in [-0.25, -0.2) is 4.98 Å². The van der Waals surface area contributed by atoms with Crippen LogP contribution in [0.4, 0.5) is 5.82 Å². The fourth-order valence-corrected chi connectivity index (χ4v) is 3.64. The Balaban J connectivity index is 1.39. The number of ether oxygens (including phenoxy) is 1. The first kappa shape index (κ1) is 20.6. The van der Waals surface area contributed by atoms with Crippen molar-refractivity contribution in [2.75, 3.05) is 11.4 Å². The molecule has 1 aliphatic rings. The maximum atomic E-state index is 13.2. The number of rotatable bonds is 7. The number of carbonyl (C=O) groups is 2. The largest absolute Gasteiger partial charge is 0.472 e. The Morgan fingerprint density at radius 2 is 1.84 bits per heavy atom. The van der Waals surface area contributed by atoms with Crippen molar-refractivity contribution in [3.63, 3.8) is 0 Å². The zero-order valence-electron chi connectivity index (χ0n) is 17.5. The Kier molecular flexibility index (Phi) is 6.26. The van der Waals surface area contributed by atoms with E-state index in [-0.39, 0.29) is 11.8 Å². The average molecular weight is 415 g/mol. The third kappa shape index (κ3) is 4.74. The molecule has 1 aliphatic heterocycles. The predicted molar refractivity (Wildman–Crippen MR) is 119 cm³/mol. The molecular formula is C25H25N3O3. The number of hydrogen-bond donors (Lipinski definition) is 1. The van der Waals surface area contributed by atoms with Crippen LogP contribution in [0.15, 0.2) is 72.9 Å². The van der Waals surface area contributed by atoms with Crippen molar-refractivity contribution < 1.29 is 14.3 Å². The first-order valence-electron chi connectivity index (χ1n) is 10.4. The van der Waals surface area contributed by atoms with Crippen LogP contribution >= 0.6 is 0 Å². The minimum atomic E-state index is -0.715. The highest BCUT2D eigenvalue weighted by Crippen LogP contribution is 2.37. The van der Waals surface area contributed by atoms with Crippen molar-refractivity contribution in [3.05, 3.63) is 89.6 Å². The van der Waals surface area contributed by atoms with Gasteiger partial charge in [0.25, 0.3) is 5.91 Å². The summed E-state index contributed by atoms with van der Waals surface area (Å²) in [6.45, 7) is 2.93. The molecule has 0 aliphatic carbocycles. The van der Waals surface area contributed by atoms with Crippen LogP contribution in [-0.4, -0.2) is 23.3 Å². The van der Waals surface area contributed by atoms with E-state index in [1.807, 2.05) is 67.6 Å². The van der Waals surface area contributed by atoms with Crippen LogP contribution in [0.1, 0.15) is 35.6 Å². The molecule has 158 valence electrons. The second-order valence-corrected chi connectivity index (χ2v) is 7.53. The van der Waals surface area contributed by atoms with E-state index >= 15 is 0 Å². The number of carbonyl (C=O) groups excluding carboxylic acids is 2. The SMILES string of the molecule is Cc1ccccc1CNC(=O)CCCN1C(=O)[C@H](c2ccccc2)Oc2cccnc21. The van der Waals surface area contributed by atoms with Crippen LogP contribution in [-0.2, 0) is 16.1 Å². The zero-order valence-corrected chi connectivity index (χ0v) is 17.5. The first-order valence-corrected chi connectivity index (χ1v) is 10.4. The molecule has 2 amide bonds. The van der Waals surface area contributed by atoms with Crippen LogP contribution in [0.5, 0.6) is 5.75 Å². The van der Waals surface area contributed by atoms with Crippen LogP contribution in [0.2, 0.25) is 0 Å². The second-order valence-electron chi connectivity index (χ2n) is 7.53. The fourth-order valence-electron chi connectivity index (χ4n) is 3.64. The predicted octanol–water partition coefficient (Wildman–Crippen LogP) is 3.95. The molecule has 1 atom stereocenters. The molecule has 1 aromatic heterocycles. The second kappa shape index (κ2) is 9.43. The van der Waals surface area contributed by atoms with Crippen molar-refractivity contribution in [1.82, 2.24) is 10.3 Å². The summed E-state index contributed by atoms with van der Waals surface area (Å²) in [6.07, 6.45) is 1.78. The summed E-state index contributed by atoms with van der Waals surface area (Å²) in [5.41, 5.74) is 3.04. The van der Waals surface area contributed by atoms with Gasteiger partial charge in [0.05, 0.1) is 0 Å². The summed E-state index contributed by atoms with van der Waals surface area (Å²) in [6, 6.07) is 21.0. The van der Waals surface area contributed by atoms with Gasteiger partial charge in [-0.2, -0.15) is 0 Å². The lowest BCUT2D eigenvalue weighted by molar-refractivity contribution is -0.127. The lowest BCUT2D eigenvalue weighted by atomic mass is 10.1. The molecule has 0 saturated heterocycles. The molecule has 0 bridgehead atoms. The highest BCUT2D eigenvalue weighted by atomic mass is 16.5. The van der Waals surface area contributed by atoms with Crippen LogP contribution in [0.25, 0.3) is 0 Å². The summed E-state index contributed by atoms with van der Waals surface area (Å²) < 4.78 is 5.95. The quantitative estimate of drug-likeness (QED) is 0.634. The van der Waals surface area contributed by atoms with E-state index in [4.69, 9.17) is 4.74 Å². The van der Waals surface area contributed by atoms with Crippen molar-refractivity contribution >= 4 is 17.6 Å². The summed E-state index contributed by atoms with van der Waals surface area (Å²) in [5.74, 6) is 0.863. The van der Waals surface area contributed by atoms with Gasteiger partial charge in [-0.05, 0) is 36.6 Å². The molecule has 0 unspecified atom stereocenters. The minimum absolute atomic E-state index is 0.0372. The fraction of sp³-hybridized carbons (Fsp3) is 0.240. The summed E-state index contributed by atoms with van der Waals surface area (Å²) in [7, 11) is 0. The molecule has 4 rings (SSSR count). The lowest BCUT2D eigenvalue weighted by Gasteiger charge is -2.33. The summed E-state index contributed by atoms with van der Waals surface area (Å²) in [5, 5.41) is 2.96. The van der Waals surface area contributed by atoms with Gasteiger partial charge in [0, 0.05) is 31.3 Å². The maximum absolute atomic E-state index is 13.2. The lowest BCUT2D eigenvalue weighted by Crippen LogP contribution is -2.42. The molecule has 6 nitrogen and oxygen atoms in total. The Hall–Kier alpha value is -3.67. The molecule has 0 saturated carbocycles. The number of benzene rings is 2. The van der Waals surface area contributed by atoms with E-state index in [2.05, 4.69) is 10.3 Å². The minimum Gasteiger partial charge on any atom is -0.472 e. The van der Waals surface area contributed by atoms with E-state index in [0.29, 0.717) is 37.5 Å². The Morgan fingerprint density at radius 1 is 1.06 bits per heavy atom. The third-order valence-corrected chi connectivity index (χ3v) is 5.37. The smallest absolute Gasteiger partial charge is 0.274 e. The molecule has 6 heteroatoms. The van der Waals surface area contributed by atoms with Gasteiger partial charge in [0.2, 0.25) is 12.0 Å². The van der Waals surface area contributed by atoms with Gasteiger partial charge in [-0.1, -0.05) is 54.6 Å². The van der Waals surface area contributed by atoms with Crippen LogP contribution in [0.3, 0.4) is 0 Å². The average Bonchev–Trinajstić information content (AvgIpc) is 2.80.